The average Bonchev–Trinajstić information content (AvgIpc) is 3.18. The van der Waals surface area contributed by atoms with Crippen LogP contribution >= 0.6 is 11.3 Å². The van der Waals surface area contributed by atoms with E-state index in [0.29, 0.717) is 17.9 Å². The van der Waals surface area contributed by atoms with Crippen LogP contribution in [0.5, 0.6) is 0 Å². The summed E-state index contributed by atoms with van der Waals surface area (Å²) in [5.74, 6) is 0.0778. The van der Waals surface area contributed by atoms with Crippen molar-refractivity contribution in [3.8, 4) is 5.82 Å². The van der Waals surface area contributed by atoms with Gasteiger partial charge in [0.05, 0.1) is 5.56 Å². The zero-order valence-electron chi connectivity index (χ0n) is 12.0. The molecular weight excluding hydrogens is 329 g/mol. The van der Waals surface area contributed by atoms with Crippen molar-refractivity contribution in [3.63, 3.8) is 0 Å². The van der Waals surface area contributed by atoms with Crippen LogP contribution in [0.1, 0.15) is 18.4 Å². The Morgan fingerprint density at radius 2 is 2.04 bits per heavy atom. The molecule has 0 unspecified atom stereocenters. The van der Waals surface area contributed by atoms with Gasteiger partial charge in [-0.25, -0.2) is 9.78 Å². The van der Waals surface area contributed by atoms with E-state index < -0.39 is 11.7 Å². The summed E-state index contributed by atoms with van der Waals surface area (Å²) in [6, 6.07) is 1.47. The van der Waals surface area contributed by atoms with Gasteiger partial charge in [-0.15, -0.1) is 11.3 Å². The molecule has 9 heteroatoms. The van der Waals surface area contributed by atoms with Crippen LogP contribution in [0, 0.1) is 0 Å². The van der Waals surface area contributed by atoms with E-state index in [0.717, 1.165) is 31.2 Å². The Kier molecular flexibility index (Phi) is 4.20. The number of nitrogens with zero attached hydrogens (tertiary/aromatic N) is 4. The molecule has 2 aromatic rings. The summed E-state index contributed by atoms with van der Waals surface area (Å²) in [4.78, 5) is 22.0. The lowest BCUT2D eigenvalue weighted by molar-refractivity contribution is -0.137. The molecule has 3 heterocycles. The lowest BCUT2D eigenvalue weighted by atomic mass is 10.2. The molecule has 1 aliphatic heterocycles. The topological polar surface area (TPSA) is 50.5 Å². The van der Waals surface area contributed by atoms with Crippen molar-refractivity contribution < 1.29 is 18.0 Å². The fourth-order valence-electron chi connectivity index (χ4n) is 2.31. The van der Waals surface area contributed by atoms with Gasteiger partial charge in [0.1, 0.15) is 5.82 Å². The largest absolute Gasteiger partial charge is 0.416 e. The maximum Gasteiger partial charge on any atom is 0.416 e. The smallest absolute Gasteiger partial charge is 0.323 e. The fourth-order valence-corrected chi connectivity index (χ4v) is 3.02. The Morgan fingerprint density at radius 3 is 2.74 bits per heavy atom. The summed E-state index contributed by atoms with van der Waals surface area (Å²) >= 11 is 1.17. The Hall–Kier alpha value is -2.16. The first-order chi connectivity index (χ1) is 10.9. The molecule has 23 heavy (non-hydrogen) atoms. The second kappa shape index (κ2) is 6.15. The van der Waals surface area contributed by atoms with Gasteiger partial charge in [0.25, 0.3) is 0 Å². The summed E-state index contributed by atoms with van der Waals surface area (Å²) in [5.41, 5.74) is -0.794. The lowest BCUT2D eigenvalue weighted by Gasteiger charge is -2.11. The Labute approximate surface area is 133 Å². The third-order valence-electron chi connectivity index (χ3n) is 3.48. The molecule has 2 aromatic heterocycles. The molecule has 1 saturated heterocycles. The molecule has 1 fully saturated rings. The summed E-state index contributed by atoms with van der Waals surface area (Å²) in [6.07, 6.45) is 0.0802. The van der Waals surface area contributed by atoms with Crippen LogP contribution in [0.3, 0.4) is 0 Å². The number of halogens is 3. The van der Waals surface area contributed by atoms with E-state index >= 15 is 0 Å². The molecule has 0 atom stereocenters. The molecule has 2 amide bonds. The number of amides is 2. The maximum atomic E-state index is 12.8. The fraction of sp³-hybridized carbons (Fsp3) is 0.357. The number of hydrogen-bond donors (Lipinski definition) is 0. The van der Waals surface area contributed by atoms with Gasteiger partial charge in [0, 0.05) is 30.9 Å². The highest BCUT2D eigenvalue weighted by atomic mass is 32.1. The van der Waals surface area contributed by atoms with Crippen molar-refractivity contribution in [1.29, 1.82) is 0 Å². The Morgan fingerprint density at radius 1 is 1.30 bits per heavy atom. The molecule has 0 aliphatic carbocycles. The second-order valence-electron chi connectivity index (χ2n) is 5.04. The molecule has 5 nitrogen and oxygen atoms in total. The van der Waals surface area contributed by atoms with Gasteiger partial charge in [-0.2, -0.15) is 18.2 Å². The summed E-state index contributed by atoms with van der Waals surface area (Å²) in [5, 5.41) is 1.65. The third kappa shape index (κ3) is 3.44. The number of alkyl halides is 3. The molecule has 0 bridgehead atoms. The van der Waals surface area contributed by atoms with Crippen molar-refractivity contribution in [2.45, 2.75) is 19.0 Å². The van der Waals surface area contributed by atoms with Gasteiger partial charge in [0.2, 0.25) is 0 Å². The van der Waals surface area contributed by atoms with Crippen molar-refractivity contribution in [2.24, 2.45) is 4.99 Å². The number of carbonyl (C=O) groups excluding carboxylic acids is 1. The summed E-state index contributed by atoms with van der Waals surface area (Å²) in [6.45, 7) is 1.32. The average molecular weight is 342 g/mol. The van der Waals surface area contributed by atoms with Crippen molar-refractivity contribution in [2.75, 3.05) is 13.1 Å². The Balaban J connectivity index is 1.96. The first kappa shape index (κ1) is 15.7. The van der Waals surface area contributed by atoms with Gasteiger partial charge in [-0.3, -0.25) is 4.57 Å². The highest BCUT2D eigenvalue weighted by Gasteiger charge is 2.31. The molecule has 3 rings (SSSR count). The van der Waals surface area contributed by atoms with Gasteiger partial charge >= 0.3 is 12.2 Å². The standard InChI is InChI=1S/C14H13F3N4OS/c15-14(16,17)10-3-4-18-11(9-10)21-7-8-23-13(21)19-12(22)20-5-1-2-6-20/h3-4,7-9H,1-2,5-6H2. The molecule has 1 aliphatic rings. The van der Waals surface area contributed by atoms with Crippen LogP contribution in [0.25, 0.3) is 5.82 Å². The number of carbonyl (C=O) groups is 1. The minimum Gasteiger partial charge on any atom is -0.323 e. The van der Waals surface area contributed by atoms with Gasteiger partial charge in [-0.05, 0) is 25.0 Å². The van der Waals surface area contributed by atoms with E-state index in [4.69, 9.17) is 0 Å². The van der Waals surface area contributed by atoms with E-state index in [2.05, 4.69) is 9.98 Å². The first-order valence-corrected chi connectivity index (χ1v) is 7.86. The van der Waals surface area contributed by atoms with Crippen LogP contribution in [-0.4, -0.2) is 33.6 Å². The summed E-state index contributed by atoms with van der Waals surface area (Å²) < 4.78 is 39.8. The van der Waals surface area contributed by atoms with Crippen molar-refractivity contribution in [3.05, 3.63) is 40.3 Å². The second-order valence-corrected chi connectivity index (χ2v) is 5.92. The van der Waals surface area contributed by atoms with Crippen molar-refractivity contribution in [1.82, 2.24) is 14.5 Å². The zero-order chi connectivity index (χ0) is 16.4. The van der Waals surface area contributed by atoms with Crippen LogP contribution < -0.4 is 4.80 Å². The molecular formula is C14H13F3N4OS. The third-order valence-corrected chi connectivity index (χ3v) is 4.23. The predicted molar refractivity (Wildman–Crippen MR) is 78.2 cm³/mol. The quantitative estimate of drug-likeness (QED) is 0.800. The van der Waals surface area contributed by atoms with Gasteiger partial charge in [0.15, 0.2) is 4.80 Å². The van der Waals surface area contributed by atoms with E-state index in [1.54, 1.807) is 16.5 Å². The van der Waals surface area contributed by atoms with Crippen LogP contribution in [0.2, 0.25) is 0 Å². The molecule has 122 valence electrons. The lowest BCUT2D eigenvalue weighted by Crippen LogP contribution is -2.27. The predicted octanol–water partition coefficient (Wildman–Crippen LogP) is 3.07. The number of pyridine rings is 1. The molecule has 0 radical (unpaired) electrons. The normalized spacial score (nSPS) is 16.1. The van der Waals surface area contributed by atoms with E-state index in [-0.39, 0.29) is 11.8 Å². The maximum absolute atomic E-state index is 12.8. The number of aromatic nitrogens is 2. The molecule has 0 spiro atoms. The number of thiazole rings is 1. The monoisotopic (exact) mass is 342 g/mol. The minimum absolute atomic E-state index is 0.0778. The van der Waals surface area contributed by atoms with E-state index in [1.807, 2.05) is 0 Å². The van der Waals surface area contributed by atoms with Crippen LogP contribution in [0.4, 0.5) is 18.0 Å². The molecule has 0 N–H and O–H groups in total. The zero-order valence-corrected chi connectivity index (χ0v) is 12.8. The van der Waals surface area contributed by atoms with E-state index in [9.17, 15) is 18.0 Å². The number of rotatable bonds is 1. The number of likely N-dealkylation sites (tertiary alicyclic amines) is 1. The van der Waals surface area contributed by atoms with Gasteiger partial charge < -0.3 is 4.90 Å². The molecule has 0 saturated carbocycles. The molecule has 0 aromatic carbocycles. The van der Waals surface area contributed by atoms with Gasteiger partial charge in [-0.1, -0.05) is 0 Å². The Bertz CT molecular complexity index is 775. The number of hydrogen-bond acceptors (Lipinski definition) is 3. The first-order valence-electron chi connectivity index (χ1n) is 6.98. The summed E-state index contributed by atoms with van der Waals surface area (Å²) in [7, 11) is 0. The minimum atomic E-state index is -4.45. The van der Waals surface area contributed by atoms with E-state index in [1.165, 1.54) is 15.9 Å². The highest BCUT2D eigenvalue weighted by Crippen LogP contribution is 2.29. The van der Waals surface area contributed by atoms with Crippen LogP contribution in [-0.2, 0) is 6.18 Å². The number of urea groups is 1. The van der Waals surface area contributed by atoms with Crippen LogP contribution in [0.15, 0.2) is 34.9 Å². The van der Waals surface area contributed by atoms with Crippen molar-refractivity contribution >= 4 is 17.4 Å². The highest BCUT2D eigenvalue weighted by molar-refractivity contribution is 7.07. The SMILES string of the molecule is O=C(N=c1sccn1-c1cc(C(F)(F)F)ccn1)N1CCCC1.